The first kappa shape index (κ1) is 47.4. The van der Waals surface area contributed by atoms with E-state index < -0.39 is 0 Å². The number of ether oxygens (including phenoxy) is 1. The molecule has 0 N–H and O–H groups in total. The molecule has 4 aromatic heterocycles. The summed E-state index contributed by atoms with van der Waals surface area (Å²) in [7, 11) is 0. The number of imidazole rings is 1. The van der Waals surface area contributed by atoms with Crippen LogP contribution in [0.1, 0.15) is 31.9 Å². The number of aromatic nitrogens is 4. The third kappa shape index (κ3) is 7.97. The third-order valence-corrected chi connectivity index (χ3v) is 16.1. The zero-order valence-corrected chi connectivity index (χ0v) is 45.6. The number of aryl methyl sites for hydroxylation is 1. The Morgan fingerprint density at radius 2 is 1.04 bits per heavy atom. The summed E-state index contributed by atoms with van der Waals surface area (Å²) in [6.07, 6.45) is 2.00. The molecule has 0 saturated heterocycles. The fourth-order valence-corrected chi connectivity index (χ4v) is 12.3. The number of nitrogens with zero attached hydrogens (tertiary/aromatic N) is 4. The molecule has 0 aliphatic carbocycles. The zero-order chi connectivity index (χ0) is 52.6. The predicted molar refractivity (Wildman–Crippen MR) is 315 cm³/mol. The zero-order valence-electron chi connectivity index (χ0n) is 43.4. The van der Waals surface area contributed by atoms with Crippen molar-refractivity contribution < 1.29 is 28.5 Å². The molecule has 0 unspecified atom stereocenters. The van der Waals surface area contributed by atoms with E-state index in [-0.39, 0.29) is 5.41 Å². The summed E-state index contributed by atoms with van der Waals surface area (Å²) in [5, 5.41) is 4.18. The minimum Gasteiger partial charge on any atom is -0.0579 e. The molecule has 0 saturated carbocycles. The van der Waals surface area contributed by atoms with Gasteiger partial charge in [0.1, 0.15) is 0 Å². The van der Waals surface area contributed by atoms with Gasteiger partial charge in [0.15, 0.2) is 0 Å². The minimum atomic E-state index is 0.0735. The maximum atomic E-state index is 7.30. The Morgan fingerprint density at radius 3 is 1.72 bits per heavy atom. The second-order valence-electron chi connectivity index (χ2n) is 20.9. The van der Waals surface area contributed by atoms with E-state index in [9.17, 15) is 0 Å². The van der Waals surface area contributed by atoms with E-state index in [0.717, 1.165) is 115 Å². The molecule has 378 valence electrons. The van der Waals surface area contributed by atoms with Crippen LogP contribution < -0.4 is 4.74 Å². The number of para-hydroxylation sites is 4. The van der Waals surface area contributed by atoms with Gasteiger partial charge in [0.2, 0.25) is 0 Å². The molecule has 14 rings (SSSR count). The molecule has 0 aliphatic heterocycles. The fraction of sp³-hybridized carbons (Fsp3) is 0.0704. The molecular weight excluding hydrogens is 1140 g/mol. The molecule has 0 fully saturated rings. The molecule has 7 heteroatoms. The first-order valence-electron chi connectivity index (χ1n) is 26.3. The molecule has 0 spiro atoms. The molecule has 0 amide bonds. The number of hydrogen-bond acceptors (Lipinski definition) is 3. The summed E-state index contributed by atoms with van der Waals surface area (Å²) in [4.78, 5) is 5.14. The average Bonchev–Trinajstić information content (AvgIpc) is 4.16. The molecular formula is C71H50N4O2Pt-2. The molecule has 78 heavy (non-hydrogen) atoms. The van der Waals surface area contributed by atoms with Crippen LogP contribution in [0.3, 0.4) is 0 Å². The summed E-state index contributed by atoms with van der Waals surface area (Å²) < 4.78 is 22.1. The van der Waals surface area contributed by atoms with E-state index in [1.807, 2.05) is 30.5 Å². The number of fused-ring (bicyclic) bond motifs is 7. The van der Waals surface area contributed by atoms with Crippen LogP contribution in [0, 0.1) is 22.9 Å². The van der Waals surface area contributed by atoms with Crippen LogP contribution in [0.4, 0.5) is 0 Å². The average molecular weight is 1190 g/mol. The molecule has 0 aliphatic rings. The SMILES string of the molecule is Cc1cc(-n2c3[c-]c(Oc4[c-]c5c(cc4)oc4c(-c6ccccc6)cccc4c4cccc6c4n5[c](=[Pt])n6-c4c(-c5ccccc5)cccc4-c4ccccc4)ccc3c3ccccc32)ncc1-c1ccc(C(C)(C)C)cc1. The van der Waals surface area contributed by atoms with Crippen molar-refractivity contribution in [1.29, 1.82) is 0 Å². The van der Waals surface area contributed by atoms with Gasteiger partial charge in [-0.25, -0.2) is 0 Å². The van der Waals surface area contributed by atoms with Crippen LogP contribution in [0.15, 0.2) is 235 Å². The van der Waals surface area contributed by atoms with Crippen molar-refractivity contribution in [2.45, 2.75) is 33.1 Å². The van der Waals surface area contributed by atoms with E-state index in [1.165, 1.54) is 5.56 Å². The topological polar surface area (TPSA) is 49.5 Å². The van der Waals surface area contributed by atoms with E-state index in [2.05, 4.69) is 273 Å². The van der Waals surface area contributed by atoms with E-state index in [4.69, 9.17) is 14.1 Å². The summed E-state index contributed by atoms with van der Waals surface area (Å²) in [5.41, 5.74) is 18.4. The molecule has 0 bridgehead atoms. The van der Waals surface area contributed by atoms with Crippen molar-refractivity contribution in [2.75, 3.05) is 0 Å². The monoisotopic (exact) mass is 1190 g/mol. The molecule has 0 atom stereocenters. The van der Waals surface area contributed by atoms with Crippen molar-refractivity contribution in [3.05, 3.63) is 258 Å². The number of pyridine rings is 1. The van der Waals surface area contributed by atoms with Gasteiger partial charge in [0.05, 0.1) is 0 Å². The van der Waals surface area contributed by atoms with Crippen LogP contribution in [-0.4, -0.2) is 18.5 Å². The number of hydrogen-bond donors (Lipinski definition) is 0. The Hall–Kier alpha value is -9.09. The van der Waals surface area contributed by atoms with Gasteiger partial charge < -0.3 is 0 Å². The summed E-state index contributed by atoms with van der Waals surface area (Å²) >= 11 is 2.50. The first-order valence-corrected chi connectivity index (χ1v) is 27.4. The first-order chi connectivity index (χ1) is 38.2. The van der Waals surface area contributed by atoms with Crippen LogP contribution in [0.5, 0.6) is 11.5 Å². The fourth-order valence-electron chi connectivity index (χ4n) is 11.3. The summed E-state index contributed by atoms with van der Waals surface area (Å²) in [6.45, 7) is 8.89. The minimum absolute atomic E-state index is 0.0735. The Labute approximate surface area is 462 Å². The van der Waals surface area contributed by atoms with Crippen molar-refractivity contribution >= 4 is 60.3 Å². The van der Waals surface area contributed by atoms with Gasteiger partial charge in [-0.1, -0.05) is 57.2 Å². The Balaban J connectivity index is 0.989. The van der Waals surface area contributed by atoms with E-state index in [1.54, 1.807) is 0 Å². The van der Waals surface area contributed by atoms with Gasteiger partial charge in [-0.05, 0) is 29.0 Å². The Morgan fingerprint density at radius 1 is 0.487 bits per heavy atom. The quantitative estimate of drug-likeness (QED) is 0.142. The summed E-state index contributed by atoms with van der Waals surface area (Å²) in [6, 6.07) is 86.6. The van der Waals surface area contributed by atoms with Gasteiger partial charge in [0, 0.05) is 11.8 Å². The molecule has 6 nitrogen and oxygen atoms in total. The van der Waals surface area contributed by atoms with Gasteiger partial charge in [-0.3, -0.25) is 0 Å². The normalized spacial score (nSPS) is 11.9. The molecule has 4 heterocycles. The van der Waals surface area contributed by atoms with Crippen molar-refractivity contribution in [3.63, 3.8) is 0 Å². The molecule has 10 aromatic carbocycles. The Kier molecular flexibility index (Phi) is 11.5. The van der Waals surface area contributed by atoms with Crippen LogP contribution >= 0.6 is 0 Å². The Bertz CT molecular complexity index is 4700. The second-order valence-corrected chi connectivity index (χ2v) is 21.9. The molecule has 0 radical (unpaired) electrons. The third-order valence-electron chi connectivity index (χ3n) is 15.1. The van der Waals surface area contributed by atoms with Crippen molar-refractivity contribution in [3.8, 4) is 67.5 Å². The van der Waals surface area contributed by atoms with Crippen LogP contribution in [-0.2, 0) is 24.8 Å². The maximum absolute atomic E-state index is 7.30. The van der Waals surface area contributed by atoms with Crippen LogP contribution in [0.2, 0.25) is 0 Å². The van der Waals surface area contributed by atoms with Crippen LogP contribution in [0.25, 0.3) is 116 Å². The van der Waals surface area contributed by atoms with Gasteiger partial charge >= 0.3 is 368 Å². The number of benzene rings is 10. The van der Waals surface area contributed by atoms with E-state index >= 15 is 0 Å². The van der Waals surface area contributed by atoms with Gasteiger partial charge in [0.25, 0.3) is 0 Å². The smallest absolute Gasteiger partial charge is 0.0579 e. The predicted octanol–water partition coefficient (Wildman–Crippen LogP) is 18.6. The molecule has 14 aromatic rings. The number of rotatable bonds is 8. The standard InChI is InChI=1S/C71H50N4O2.Pt/c1-46-41-67(72-44-61(46)50-33-35-51(36-34-50)71(2,3)4)75-62-31-15-14-25-57(62)58-39-37-52(42-64(58)75)76-53-38-40-66-65(43-53)74-45-73(68-54(47-19-8-5-9-20-47)26-16-27-55(68)48-21-10-6-11-22-48)63-32-18-29-59(69(63)74)60-30-17-28-56(70(60)77-66)49-23-12-7-13-24-49;/h5-41,44H,1-4H3;/q-2;. The van der Waals surface area contributed by atoms with Crippen molar-refractivity contribution in [1.82, 2.24) is 18.5 Å². The summed E-state index contributed by atoms with van der Waals surface area (Å²) in [5.74, 6) is 1.87. The van der Waals surface area contributed by atoms with E-state index in [0.29, 0.717) is 22.6 Å². The van der Waals surface area contributed by atoms with Gasteiger partial charge in [-0.2, -0.15) is 0 Å². The van der Waals surface area contributed by atoms with Gasteiger partial charge in [-0.15, -0.1) is 0 Å². The second kappa shape index (κ2) is 18.9. The van der Waals surface area contributed by atoms with Crippen molar-refractivity contribution in [2.24, 2.45) is 0 Å².